The van der Waals surface area contributed by atoms with Crippen molar-refractivity contribution in [1.82, 2.24) is 0 Å². The van der Waals surface area contributed by atoms with Gasteiger partial charge in [0.05, 0.1) is 10.0 Å². The Balaban J connectivity index is 1.74. The molecule has 0 aliphatic carbocycles. The quantitative estimate of drug-likeness (QED) is 0.271. The lowest BCUT2D eigenvalue weighted by Gasteiger charge is -2.19. The summed E-state index contributed by atoms with van der Waals surface area (Å²) in [5, 5.41) is 13.4. The number of nitrogens with zero attached hydrogens (tertiary/aromatic N) is 1. The molecule has 180 valence electrons. The van der Waals surface area contributed by atoms with Crippen LogP contribution in [0.4, 0.5) is 5.69 Å². The molecule has 0 bridgehead atoms. The lowest BCUT2D eigenvalue weighted by atomic mass is 9.87. The summed E-state index contributed by atoms with van der Waals surface area (Å²) < 4.78 is 6.03. The summed E-state index contributed by atoms with van der Waals surface area (Å²) in [7, 11) is 0. The summed E-state index contributed by atoms with van der Waals surface area (Å²) in [5.41, 5.74) is 5.29. The van der Waals surface area contributed by atoms with E-state index in [0.717, 1.165) is 28.0 Å². The number of hydrogen-bond donors (Lipinski definition) is 1. The van der Waals surface area contributed by atoms with E-state index in [9.17, 15) is 10.1 Å². The van der Waals surface area contributed by atoms with Gasteiger partial charge in [-0.3, -0.25) is 4.79 Å². The fourth-order valence-corrected chi connectivity index (χ4v) is 3.97. The van der Waals surface area contributed by atoms with E-state index < -0.39 is 5.91 Å². The second-order valence-electron chi connectivity index (χ2n) is 9.47. The van der Waals surface area contributed by atoms with E-state index in [1.54, 1.807) is 18.2 Å². The van der Waals surface area contributed by atoms with Crippen molar-refractivity contribution in [3.05, 3.63) is 98.0 Å². The highest BCUT2D eigenvalue weighted by atomic mass is 35.5. The fourth-order valence-electron chi connectivity index (χ4n) is 3.65. The minimum Gasteiger partial charge on any atom is -0.488 e. The minimum atomic E-state index is -0.453. The van der Waals surface area contributed by atoms with E-state index in [1.807, 2.05) is 62.4 Å². The molecular formula is C29H28Cl2N2O2. The van der Waals surface area contributed by atoms with Gasteiger partial charge < -0.3 is 10.1 Å². The van der Waals surface area contributed by atoms with Gasteiger partial charge in [-0.05, 0) is 89.6 Å². The van der Waals surface area contributed by atoms with E-state index in [2.05, 4.69) is 26.1 Å². The maximum Gasteiger partial charge on any atom is 0.266 e. The number of anilines is 1. The van der Waals surface area contributed by atoms with Gasteiger partial charge in [-0.15, -0.1) is 0 Å². The maximum absolute atomic E-state index is 12.7. The van der Waals surface area contributed by atoms with Crippen LogP contribution in [0.3, 0.4) is 0 Å². The van der Waals surface area contributed by atoms with Crippen LogP contribution in [-0.4, -0.2) is 5.91 Å². The summed E-state index contributed by atoms with van der Waals surface area (Å²) in [6.07, 6.45) is 1.58. The molecule has 0 spiro atoms. The Morgan fingerprint density at radius 2 is 1.63 bits per heavy atom. The van der Waals surface area contributed by atoms with Crippen LogP contribution in [-0.2, 0) is 16.8 Å². The molecule has 0 fully saturated rings. The number of rotatable bonds is 6. The van der Waals surface area contributed by atoms with Crippen molar-refractivity contribution >= 4 is 40.9 Å². The third-order valence-corrected chi connectivity index (χ3v) is 6.27. The SMILES string of the molecule is Cc1cc(/C=C(\C#N)C(=O)Nc2ccc(C(C)(C)C)cc2)cc(C)c1OCc1ccc(Cl)c(Cl)c1. The first-order valence-corrected chi connectivity index (χ1v) is 11.9. The maximum atomic E-state index is 12.7. The molecule has 3 aromatic rings. The van der Waals surface area contributed by atoms with Gasteiger partial charge in [-0.1, -0.05) is 62.2 Å². The van der Waals surface area contributed by atoms with Crippen LogP contribution in [0.5, 0.6) is 5.75 Å². The van der Waals surface area contributed by atoms with Crippen LogP contribution in [0, 0.1) is 25.2 Å². The van der Waals surface area contributed by atoms with Gasteiger partial charge in [0.15, 0.2) is 0 Å². The lowest BCUT2D eigenvalue weighted by molar-refractivity contribution is -0.112. The molecule has 0 saturated carbocycles. The summed E-state index contributed by atoms with van der Waals surface area (Å²) in [6.45, 7) is 10.6. The Morgan fingerprint density at radius 1 is 1.00 bits per heavy atom. The van der Waals surface area contributed by atoms with Gasteiger partial charge in [0.25, 0.3) is 5.91 Å². The van der Waals surface area contributed by atoms with Crippen LogP contribution in [0.25, 0.3) is 6.08 Å². The number of hydrogen-bond acceptors (Lipinski definition) is 3. The molecule has 0 aromatic heterocycles. The average molecular weight is 507 g/mol. The van der Waals surface area contributed by atoms with E-state index in [4.69, 9.17) is 27.9 Å². The second kappa shape index (κ2) is 11.0. The Morgan fingerprint density at radius 3 is 2.17 bits per heavy atom. The molecule has 3 rings (SSSR count). The van der Waals surface area contributed by atoms with E-state index >= 15 is 0 Å². The zero-order chi connectivity index (χ0) is 25.8. The zero-order valence-corrected chi connectivity index (χ0v) is 22.0. The van der Waals surface area contributed by atoms with E-state index in [0.29, 0.717) is 22.3 Å². The van der Waals surface area contributed by atoms with Crippen LogP contribution < -0.4 is 10.1 Å². The van der Waals surface area contributed by atoms with Gasteiger partial charge in [0.1, 0.15) is 24.0 Å². The largest absolute Gasteiger partial charge is 0.488 e. The molecule has 1 N–H and O–H groups in total. The number of nitriles is 1. The molecule has 0 radical (unpaired) electrons. The molecule has 3 aromatic carbocycles. The molecule has 35 heavy (non-hydrogen) atoms. The Labute approximate surface area is 217 Å². The highest BCUT2D eigenvalue weighted by Crippen LogP contribution is 2.29. The average Bonchev–Trinajstić information content (AvgIpc) is 2.79. The number of carbonyl (C=O) groups excluding carboxylic acids is 1. The van der Waals surface area contributed by atoms with E-state index in [-0.39, 0.29) is 11.0 Å². The highest BCUT2D eigenvalue weighted by molar-refractivity contribution is 6.42. The van der Waals surface area contributed by atoms with Crippen LogP contribution in [0.15, 0.2) is 60.2 Å². The minimum absolute atomic E-state index is 0.0215. The van der Waals surface area contributed by atoms with Gasteiger partial charge >= 0.3 is 0 Å². The summed E-state index contributed by atoms with van der Waals surface area (Å²) in [4.78, 5) is 12.7. The first-order valence-electron chi connectivity index (χ1n) is 11.2. The van der Waals surface area contributed by atoms with Crippen molar-refractivity contribution in [1.29, 1.82) is 5.26 Å². The number of halogens is 2. The fraction of sp³-hybridized carbons (Fsp3) is 0.241. The third kappa shape index (κ3) is 6.88. The molecule has 0 unspecified atom stereocenters. The van der Waals surface area contributed by atoms with Crippen molar-refractivity contribution in [2.24, 2.45) is 0 Å². The summed E-state index contributed by atoms with van der Waals surface area (Å²) in [5.74, 6) is 0.293. The molecule has 0 aliphatic rings. The zero-order valence-electron chi connectivity index (χ0n) is 20.5. The van der Waals surface area contributed by atoms with Crippen LogP contribution in [0.1, 0.15) is 48.6 Å². The number of ether oxygens (including phenoxy) is 1. The Bertz CT molecular complexity index is 1290. The number of aryl methyl sites for hydroxylation is 2. The summed E-state index contributed by atoms with van der Waals surface area (Å²) in [6, 6.07) is 18.8. The Hall–Kier alpha value is -3.26. The Kier molecular flexibility index (Phi) is 8.27. The van der Waals surface area contributed by atoms with Gasteiger partial charge in [0, 0.05) is 5.69 Å². The van der Waals surface area contributed by atoms with Crippen LogP contribution >= 0.6 is 23.2 Å². The van der Waals surface area contributed by atoms with E-state index in [1.165, 1.54) is 5.56 Å². The van der Waals surface area contributed by atoms with Crippen molar-refractivity contribution in [3.8, 4) is 11.8 Å². The molecule has 6 heteroatoms. The van der Waals surface area contributed by atoms with Gasteiger partial charge in [-0.25, -0.2) is 0 Å². The first-order chi connectivity index (χ1) is 16.5. The highest BCUT2D eigenvalue weighted by Gasteiger charge is 2.15. The molecule has 0 aliphatic heterocycles. The standard InChI is InChI=1S/C29H28Cl2N2O2/c1-18-12-21(13-19(2)27(18)35-17-20-6-11-25(30)26(31)15-20)14-22(16-32)28(34)33-24-9-7-23(8-10-24)29(3,4)5/h6-15H,17H2,1-5H3,(H,33,34)/b22-14+. The smallest absolute Gasteiger partial charge is 0.266 e. The van der Waals surface area contributed by atoms with Gasteiger partial charge in [0.2, 0.25) is 0 Å². The molecule has 1 amide bonds. The number of benzene rings is 3. The monoisotopic (exact) mass is 506 g/mol. The summed E-state index contributed by atoms with van der Waals surface area (Å²) >= 11 is 12.1. The molecular weight excluding hydrogens is 479 g/mol. The topological polar surface area (TPSA) is 62.1 Å². The normalized spacial score (nSPS) is 11.7. The third-order valence-electron chi connectivity index (χ3n) is 5.53. The predicted molar refractivity (Wildman–Crippen MR) is 144 cm³/mol. The first kappa shape index (κ1) is 26.3. The molecule has 0 atom stereocenters. The van der Waals surface area contributed by atoms with Crippen molar-refractivity contribution in [2.45, 2.75) is 46.6 Å². The van der Waals surface area contributed by atoms with Crippen molar-refractivity contribution < 1.29 is 9.53 Å². The van der Waals surface area contributed by atoms with Crippen molar-refractivity contribution in [2.75, 3.05) is 5.32 Å². The van der Waals surface area contributed by atoms with Crippen LogP contribution in [0.2, 0.25) is 10.0 Å². The molecule has 0 heterocycles. The number of nitrogens with one attached hydrogen (secondary N) is 1. The lowest BCUT2D eigenvalue weighted by Crippen LogP contribution is -2.14. The van der Waals surface area contributed by atoms with Crippen molar-refractivity contribution in [3.63, 3.8) is 0 Å². The predicted octanol–water partition coefficient (Wildman–Crippen LogP) is 8.03. The number of carbonyl (C=O) groups is 1. The van der Waals surface area contributed by atoms with Gasteiger partial charge in [-0.2, -0.15) is 5.26 Å². The second-order valence-corrected chi connectivity index (χ2v) is 10.3. The molecule has 0 saturated heterocycles. The molecule has 4 nitrogen and oxygen atoms in total. The number of amides is 1.